The third-order valence-electron chi connectivity index (χ3n) is 4.09. The molecule has 0 saturated carbocycles. The maximum atomic E-state index is 12.4. The number of carbonyl (C=O) groups excluding carboxylic acids is 2. The second-order valence-electron chi connectivity index (χ2n) is 6.55. The highest BCUT2D eigenvalue weighted by Gasteiger charge is 2.30. The van der Waals surface area contributed by atoms with Crippen LogP contribution < -0.4 is 5.32 Å². The number of halogens is 1. The summed E-state index contributed by atoms with van der Waals surface area (Å²) in [6.45, 7) is 3.36. The van der Waals surface area contributed by atoms with Gasteiger partial charge in [-0.3, -0.25) is 9.59 Å². The molecule has 8 heteroatoms. The number of benzene rings is 1. The lowest BCUT2D eigenvalue weighted by molar-refractivity contribution is -0.151. The van der Waals surface area contributed by atoms with E-state index in [9.17, 15) is 18.0 Å². The standard InChI is InChI=1S/C17H22ClNO5S/c1-11(2)16(12-3-5-13(18)6-4-12)17(21)24-9-15(20)19-14-7-8-25(22,23)10-14/h3-6,11,14,16H,7-10H2,1-2H3,(H,19,20)/t14-,16-/m1/s1. The van der Waals surface area contributed by atoms with Gasteiger partial charge in [0.25, 0.3) is 5.91 Å². The molecule has 0 spiro atoms. The van der Waals surface area contributed by atoms with E-state index in [1.54, 1.807) is 24.3 Å². The van der Waals surface area contributed by atoms with E-state index >= 15 is 0 Å². The summed E-state index contributed by atoms with van der Waals surface area (Å²) in [5.74, 6) is -1.50. The van der Waals surface area contributed by atoms with Crippen molar-refractivity contribution in [2.24, 2.45) is 5.92 Å². The summed E-state index contributed by atoms with van der Waals surface area (Å²) in [6.07, 6.45) is 0.390. The number of nitrogens with one attached hydrogen (secondary N) is 1. The van der Waals surface area contributed by atoms with Gasteiger partial charge in [0.15, 0.2) is 16.4 Å². The van der Waals surface area contributed by atoms with Gasteiger partial charge in [0.1, 0.15) is 0 Å². The SMILES string of the molecule is CC(C)[C@@H](C(=O)OCC(=O)N[C@@H]1CCS(=O)(=O)C1)c1ccc(Cl)cc1. The van der Waals surface area contributed by atoms with E-state index < -0.39 is 40.3 Å². The number of carbonyl (C=O) groups is 2. The first-order valence-corrected chi connectivity index (χ1v) is 10.3. The van der Waals surface area contributed by atoms with Gasteiger partial charge >= 0.3 is 5.97 Å². The lowest BCUT2D eigenvalue weighted by atomic mass is 9.88. The number of esters is 1. The van der Waals surface area contributed by atoms with Crippen LogP contribution in [0.4, 0.5) is 0 Å². The Hall–Kier alpha value is -1.60. The molecule has 2 atom stereocenters. The molecule has 1 saturated heterocycles. The number of rotatable bonds is 6. The zero-order valence-corrected chi connectivity index (χ0v) is 15.8. The lowest BCUT2D eigenvalue weighted by Crippen LogP contribution is -2.38. The molecule has 2 rings (SSSR count). The van der Waals surface area contributed by atoms with Gasteiger partial charge in [0, 0.05) is 11.1 Å². The Kier molecular flexibility index (Phi) is 6.46. The van der Waals surface area contributed by atoms with Crippen molar-refractivity contribution in [3.05, 3.63) is 34.9 Å². The summed E-state index contributed by atoms with van der Waals surface area (Å²) in [6, 6.07) is 6.52. The van der Waals surface area contributed by atoms with Crippen LogP contribution in [0.5, 0.6) is 0 Å². The van der Waals surface area contributed by atoms with E-state index in [1.165, 1.54) is 0 Å². The number of amides is 1. The van der Waals surface area contributed by atoms with Crippen molar-refractivity contribution >= 4 is 33.3 Å². The predicted molar refractivity (Wildman–Crippen MR) is 95.2 cm³/mol. The molecule has 1 heterocycles. The van der Waals surface area contributed by atoms with Gasteiger partial charge in [-0.15, -0.1) is 0 Å². The Bertz CT molecular complexity index is 730. The van der Waals surface area contributed by atoms with Crippen molar-refractivity contribution in [2.45, 2.75) is 32.2 Å². The van der Waals surface area contributed by atoms with Crippen LogP contribution in [0.2, 0.25) is 5.02 Å². The Morgan fingerprint density at radius 2 is 1.92 bits per heavy atom. The second-order valence-corrected chi connectivity index (χ2v) is 9.21. The fourth-order valence-corrected chi connectivity index (χ4v) is 4.67. The molecule has 0 unspecified atom stereocenters. The molecule has 25 heavy (non-hydrogen) atoms. The van der Waals surface area contributed by atoms with Crippen LogP contribution in [0.3, 0.4) is 0 Å². The molecular formula is C17H22ClNO5S. The first-order chi connectivity index (χ1) is 11.7. The third kappa shape index (κ3) is 5.71. The molecule has 1 fully saturated rings. The fourth-order valence-electron chi connectivity index (χ4n) is 2.87. The minimum Gasteiger partial charge on any atom is -0.455 e. The molecule has 0 aliphatic carbocycles. The molecule has 1 aromatic carbocycles. The predicted octanol–water partition coefficient (Wildman–Crippen LogP) is 1.93. The van der Waals surface area contributed by atoms with Crippen molar-refractivity contribution < 1.29 is 22.7 Å². The molecule has 138 valence electrons. The summed E-state index contributed by atoms with van der Waals surface area (Å²) < 4.78 is 27.9. The van der Waals surface area contributed by atoms with Crippen molar-refractivity contribution in [1.29, 1.82) is 0 Å². The van der Waals surface area contributed by atoms with E-state index in [0.717, 1.165) is 5.56 Å². The highest BCUT2D eigenvalue weighted by atomic mass is 35.5. The molecule has 0 aromatic heterocycles. The van der Waals surface area contributed by atoms with E-state index in [-0.39, 0.29) is 17.4 Å². The van der Waals surface area contributed by atoms with Crippen LogP contribution in [0.25, 0.3) is 0 Å². The number of hydrogen-bond acceptors (Lipinski definition) is 5. The van der Waals surface area contributed by atoms with Crippen LogP contribution >= 0.6 is 11.6 Å². The summed E-state index contributed by atoms with van der Waals surface area (Å²) in [7, 11) is -3.07. The third-order valence-corrected chi connectivity index (χ3v) is 6.11. The minimum absolute atomic E-state index is 0.0169. The number of ether oxygens (including phenoxy) is 1. The summed E-state index contributed by atoms with van der Waals surface area (Å²) in [5.41, 5.74) is 0.770. The minimum atomic E-state index is -3.07. The van der Waals surface area contributed by atoms with E-state index in [2.05, 4.69) is 5.32 Å². The molecule has 1 aliphatic rings. The Morgan fingerprint density at radius 1 is 1.28 bits per heavy atom. The largest absolute Gasteiger partial charge is 0.455 e. The first kappa shape index (κ1) is 19.7. The van der Waals surface area contributed by atoms with Crippen molar-refractivity contribution in [2.75, 3.05) is 18.1 Å². The quantitative estimate of drug-likeness (QED) is 0.753. The molecule has 1 aliphatic heterocycles. The van der Waals surface area contributed by atoms with Gasteiger partial charge in [-0.1, -0.05) is 37.6 Å². The monoisotopic (exact) mass is 387 g/mol. The van der Waals surface area contributed by atoms with Crippen LogP contribution in [0.1, 0.15) is 31.7 Å². The van der Waals surface area contributed by atoms with E-state index in [1.807, 2.05) is 13.8 Å². The molecule has 6 nitrogen and oxygen atoms in total. The van der Waals surface area contributed by atoms with Crippen molar-refractivity contribution in [3.63, 3.8) is 0 Å². The van der Waals surface area contributed by atoms with Gasteiger partial charge in [0.2, 0.25) is 0 Å². The number of sulfone groups is 1. The van der Waals surface area contributed by atoms with Crippen LogP contribution in [0.15, 0.2) is 24.3 Å². The molecule has 0 bridgehead atoms. The first-order valence-electron chi connectivity index (χ1n) is 8.10. The van der Waals surface area contributed by atoms with Gasteiger partial charge in [-0.05, 0) is 30.0 Å². The van der Waals surface area contributed by atoms with Crippen LogP contribution in [-0.4, -0.2) is 44.4 Å². The second kappa shape index (κ2) is 8.19. The van der Waals surface area contributed by atoms with E-state index in [4.69, 9.17) is 16.3 Å². The average Bonchev–Trinajstić information content (AvgIpc) is 2.86. The van der Waals surface area contributed by atoms with Crippen molar-refractivity contribution in [1.82, 2.24) is 5.32 Å². The summed E-state index contributed by atoms with van der Waals surface area (Å²) in [4.78, 5) is 24.3. The lowest BCUT2D eigenvalue weighted by Gasteiger charge is -2.20. The Balaban J connectivity index is 1.90. The van der Waals surface area contributed by atoms with Crippen LogP contribution in [0, 0.1) is 5.92 Å². The summed E-state index contributed by atoms with van der Waals surface area (Å²) >= 11 is 5.87. The zero-order valence-electron chi connectivity index (χ0n) is 14.2. The fraction of sp³-hybridized carbons (Fsp3) is 0.529. The summed E-state index contributed by atoms with van der Waals surface area (Å²) in [5, 5.41) is 3.17. The van der Waals surface area contributed by atoms with Gasteiger partial charge in [-0.25, -0.2) is 8.42 Å². The van der Waals surface area contributed by atoms with Crippen LogP contribution in [-0.2, 0) is 24.2 Å². The van der Waals surface area contributed by atoms with E-state index in [0.29, 0.717) is 11.4 Å². The Labute approximate surface area is 152 Å². The maximum Gasteiger partial charge on any atom is 0.314 e. The van der Waals surface area contributed by atoms with Gasteiger partial charge in [0.05, 0.1) is 17.4 Å². The molecule has 1 aromatic rings. The maximum absolute atomic E-state index is 12.4. The number of hydrogen-bond donors (Lipinski definition) is 1. The molecular weight excluding hydrogens is 366 g/mol. The Morgan fingerprint density at radius 3 is 2.44 bits per heavy atom. The molecule has 1 amide bonds. The molecule has 0 radical (unpaired) electrons. The topological polar surface area (TPSA) is 89.5 Å². The molecule has 1 N–H and O–H groups in total. The normalized spacial score (nSPS) is 20.2. The van der Waals surface area contributed by atoms with Gasteiger partial charge < -0.3 is 10.1 Å². The average molecular weight is 388 g/mol. The van der Waals surface area contributed by atoms with Gasteiger partial charge in [-0.2, -0.15) is 0 Å². The zero-order chi connectivity index (χ0) is 18.6. The highest BCUT2D eigenvalue weighted by molar-refractivity contribution is 7.91. The van der Waals surface area contributed by atoms with Crippen molar-refractivity contribution in [3.8, 4) is 0 Å². The smallest absolute Gasteiger partial charge is 0.314 e. The highest BCUT2D eigenvalue weighted by Crippen LogP contribution is 2.27.